The molecule has 0 fully saturated rings. The van der Waals surface area contributed by atoms with Crippen LogP contribution in [0.1, 0.15) is 0 Å². The summed E-state index contributed by atoms with van der Waals surface area (Å²) >= 11 is 3.55. The van der Waals surface area contributed by atoms with Gasteiger partial charge >= 0.3 is 5.69 Å². The predicted octanol–water partition coefficient (Wildman–Crippen LogP) is 3.36. The molecule has 0 aliphatic rings. The lowest BCUT2D eigenvalue weighted by Gasteiger charge is -2.10. The highest BCUT2D eigenvalue weighted by Crippen LogP contribution is 2.30. The number of fused-ring (bicyclic) bond motifs is 1. The third-order valence-corrected chi connectivity index (χ3v) is 3.79. The highest BCUT2D eigenvalue weighted by Gasteiger charge is 2.12. The van der Waals surface area contributed by atoms with Crippen molar-refractivity contribution in [1.29, 1.82) is 0 Å². The van der Waals surface area contributed by atoms with Crippen LogP contribution in [0.15, 0.2) is 57.8 Å². The molecule has 94 valence electrons. The summed E-state index contributed by atoms with van der Waals surface area (Å²) in [7, 11) is 1.74. The summed E-state index contributed by atoms with van der Waals surface area (Å²) in [6.07, 6.45) is 0. The molecule has 0 radical (unpaired) electrons. The molecule has 3 nitrogen and oxygen atoms in total. The summed E-state index contributed by atoms with van der Waals surface area (Å²) in [5.74, 6) is 0. The number of aromatic nitrogens is 2. The van der Waals surface area contributed by atoms with Gasteiger partial charge in [0.1, 0.15) is 0 Å². The fourth-order valence-corrected chi connectivity index (χ4v) is 2.70. The maximum absolute atomic E-state index is 12.0. The lowest BCUT2D eigenvalue weighted by molar-refractivity contribution is 0.854. The van der Waals surface area contributed by atoms with Crippen molar-refractivity contribution in [3.05, 3.63) is 63.5 Å². The molecule has 0 saturated heterocycles. The molecule has 3 rings (SSSR count). The van der Waals surface area contributed by atoms with Gasteiger partial charge < -0.3 is 0 Å². The van der Waals surface area contributed by atoms with Crippen LogP contribution in [0.4, 0.5) is 0 Å². The van der Waals surface area contributed by atoms with Crippen molar-refractivity contribution in [3.63, 3.8) is 0 Å². The molecule has 1 heterocycles. The van der Waals surface area contributed by atoms with Gasteiger partial charge in [-0.2, -0.15) is 4.98 Å². The Kier molecular flexibility index (Phi) is 2.95. The van der Waals surface area contributed by atoms with E-state index in [-0.39, 0.29) is 5.69 Å². The fraction of sp³-hybridized carbons (Fsp3) is 0.0667. The van der Waals surface area contributed by atoms with E-state index in [1.165, 1.54) is 0 Å². The monoisotopic (exact) mass is 314 g/mol. The average molecular weight is 315 g/mol. The Morgan fingerprint density at radius 1 is 1.05 bits per heavy atom. The minimum Gasteiger partial charge on any atom is -0.295 e. The standard InChI is InChI=1S/C15H11BrN2O/c1-18-12-9-5-8-11(16)13(12)14(17-15(18)19)10-6-3-2-4-7-10/h2-9H,1H3. The molecule has 2 aromatic carbocycles. The SMILES string of the molecule is Cn1c(=O)nc(-c2ccccc2)c2c(Br)cccc21. The maximum Gasteiger partial charge on any atom is 0.348 e. The minimum absolute atomic E-state index is 0.246. The molecule has 1 aromatic heterocycles. The molecule has 0 N–H and O–H groups in total. The van der Waals surface area contributed by atoms with Crippen molar-refractivity contribution < 1.29 is 0 Å². The van der Waals surface area contributed by atoms with E-state index in [4.69, 9.17) is 0 Å². The molecule has 0 aliphatic heterocycles. The van der Waals surface area contributed by atoms with Crippen molar-refractivity contribution in [2.45, 2.75) is 0 Å². The molecule has 0 bridgehead atoms. The Hall–Kier alpha value is -1.94. The second-order valence-corrected chi connectivity index (χ2v) is 5.16. The van der Waals surface area contributed by atoms with Gasteiger partial charge in [0.25, 0.3) is 0 Å². The Labute approximate surface area is 118 Å². The van der Waals surface area contributed by atoms with E-state index in [1.54, 1.807) is 11.6 Å². The number of hydrogen-bond donors (Lipinski definition) is 0. The first-order chi connectivity index (χ1) is 9.18. The number of rotatable bonds is 1. The zero-order chi connectivity index (χ0) is 13.4. The number of aryl methyl sites for hydroxylation is 1. The van der Waals surface area contributed by atoms with Crippen molar-refractivity contribution in [1.82, 2.24) is 9.55 Å². The third-order valence-electron chi connectivity index (χ3n) is 3.13. The molecule has 4 heteroatoms. The molecule has 0 saturated carbocycles. The summed E-state index contributed by atoms with van der Waals surface area (Å²) in [4.78, 5) is 16.2. The number of benzene rings is 2. The van der Waals surface area contributed by atoms with Gasteiger partial charge in [0.2, 0.25) is 0 Å². The van der Waals surface area contributed by atoms with E-state index in [9.17, 15) is 4.79 Å². The van der Waals surface area contributed by atoms with E-state index in [2.05, 4.69) is 20.9 Å². The van der Waals surface area contributed by atoms with Gasteiger partial charge in [0.15, 0.2) is 0 Å². The molecule has 0 spiro atoms. The first-order valence-electron chi connectivity index (χ1n) is 5.89. The van der Waals surface area contributed by atoms with E-state index >= 15 is 0 Å². The molecule has 0 aliphatic carbocycles. The Bertz CT molecular complexity index is 809. The molecule has 3 aromatic rings. The van der Waals surface area contributed by atoms with Crippen LogP contribution < -0.4 is 5.69 Å². The van der Waals surface area contributed by atoms with E-state index < -0.39 is 0 Å². The highest BCUT2D eigenvalue weighted by atomic mass is 79.9. The van der Waals surface area contributed by atoms with Crippen molar-refractivity contribution in [2.24, 2.45) is 7.05 Å². The molecular formula is C15H11BrN2O. The fourth-order valence-electron chi connectivity index (χ4n) is 2.16. The van der Waals surface area contributed by atoms with Crippen LogP contribution in [-0.4, -0.2) is 9.55 Å². The van der Waals surface area contributed by atoms with Crippen LogP contribution in [0.25, 0.3) is 22.2 Å². The smallest absolute Gasteiger partial charge is 0.295 e. The second kappa shape index (κ2) is 4.63. The van der Waals surface area contributed by atoms with Crippen LogP contribution >= 0.6 is 15.9 Å². The van der Waals surface area contributed by atoms with Crippen molar-refractivity contribution >= 4 is 26.8 Å². The largest absolute Gasteiger partial charge is 0.348 e. The Morgan fingerprint density at radius 3 is 2.53 bits per heavy atom. The van der Waals surface area contributed by atoms with Crippen LogP contribution in [0.5, 0.6) is 0 Å². The molecular weight excluding hydrogens is 304 g/mol. The number of hydrogen-bond acceptors (Lipinski definition) is 2. The van der Waals surface area contributed by atoms with Crippen LogP contribution in [-0.2, 0) is 7.05 Å². The van der Waals surface area contributed by atoms with Crippen molar-refractivity contribution in [2.75, 3.05) is 0 Å². The lowest BCUT2D eigenvalue weighted by Crippen LogP contribution is -2.21. The van der Waals surface area contributed by atoms with Crippen LogP contribution in [0.3, 0.4) is 0 Å². The average Bonchev–Trinajstić information content (AvgIpc) is 2.44. The van der Waals surface area contributed by atoms with Gasteiger partial charge in [0, 0.05) is 22.5 Å². The topological polar surface area (TPSA) is 34.9 Å². The Balaban J connectivity index is 2.50. The zero-order valence-corrected chi connectivity index (χ0v) is 11.9. The van der Waals surface area contributed by atoms with E-state index in [1.807, 2.05) is 48.5 Å². The quantitative estimate of drug-likeness (QED) is 0.690. The summed E-state index contributed by atoms with van der Waals surface area (Å²) in [5, 5.41) is 0.954. The van der Waals surface area contributed by atoms with Gasteiger partial charge in [-0.25, -0.2) is 4.79 Å². The third kappa shape index (κ3) is 1.98. The number of halogens is 1. The highest BCUT2D eigenvalue weighted by molar-refractivity contribution is 9.10. The molecule has 0 atom stereocenters. The minimum atomic E-state index is -0.246. The lowest BCUT2D eigenvalue weighted by atomic mass is 10.1. The summed E-state index contributed by atoms with van der Waals surface area (Å²) in [5.41, 5.74) is 2.28. The van der Waals surface area contributed by atoms with Gasteiger partial charge in [-0.15, -0.1) is 0 Å². The number of nitrogens with zero attached hydrogens (tertiary/aromatic N) is 2. The van der Waals surface area contributed by atoms with Gasteiger partial charge in [0.05, 0.1) is 11.2 Å². The molecule has 19 heavy (non-hydrogen) atoms. The van der Waals surface area contributed by atoms with Crippen molar-refractivity contribution in [3.8, 4) is 11.3 Å². The van der Waals surface area contributed by atoms with Gasteiger partial charge in [-0.1, -0.05) is 52.3 Å². The predicted molar refractivity (Wildman–Crippen MR) is 80.1 cm³/mol. The first kappa shape index (κ1) is 12.1. The van der Waals surface area contributed by atoms with Crippen LogP contribution in [0.2, 0.25) is 0 Å². The van der Waals surface area contributed by atoms with Gasteiger partial charge in [-0.05, 0) is 12.1 Å². The normalized spacial score (nSPS) is 10.8. The van der Waals surface area contributed by atoms with E-state index in [0.717, 1.165) is 20.9 Å². The summed E-state index contributed by atoms with van der Waals surface area (Å²) in [6, 6.07) is 15.6. The van der Waals surface area contributed by atoms with Gasteiger partial charge in [-0.3, -0.25) is 4.57 Å². The summed E-state index contributed by atoms with van der Waals surface area (Å²) in [6.45, 7) is 0. The summed E-state index contributed by atoms with van der Waals surface area (Å²) < 4.78 is 2.50. The zero-order valence-electron chi connectivity index (χ0n) is 10.3. The molecule has 0 amide bonds. The maximum atomic E-state index is 12.0. The second-order valence-electron chi connectivity index (χ2n) is 4.30. The Morgan fingerprint density at radius 2 is 1.79 bits per heavy atom. The first-order valence-corrected chi connectivity index (χ1v) is 6.68. The van der Waals surface area contributed by atoms with E-state index in [0.29, 0.717) is 5.69 Å². The molecule has 0 unspecified atom stereocenters. The van der Waals surface area contributed by atoms with Crippen LogP contribution in [0, 0.1) is 0 Å².